The summed E-state index contributed by atoms with van der Waals surface area (Å²) in [5.41, 5.74) is 2.33. The Labute approximate surface area is 165 Å². The standard InChI is InChI=1S/C20H19IN2O3/c1-19(2)16-5-3-4-6-17(16)22(12-11-21)20(19)10-9-14-13-15(23(24)25)7-8-18(14)26-20/h3-10,13H,11-12H2,1-2H3. The lowest BCUT2D eigenvalue weighted by Crippen LogP contribution is -2.60. The fourth-order valence-corrected chi connectivity index (χ4v) is 4.56. The molecular formula is C20H19IN2O3. The molecule has 6 heteroatoms. The number of benzene rings is 2. The Bertz CT molecular complexity index is 925. The average molecular weight is 462 g/mol. The average Bonchev–Trinajstić information content (AvgIpc) is 2.81. The van der Waals surface area contributed by atoms with Crippen molar-refractivity contribution in [3.63, 3.8) is 0 Å². The van der Waals surface area contributed by atoms with E-state index in [1.54, 1.807) is 12.1 Å². The molecule has 134 valence electrons. The van der Waals surface area contributed by atoms with Crippen molar-refractivity contribution in [1.82, 2.24) is 0 Å². The van der Waals surface area contributed by atoms with E-state index in [1.165, 1.54) is 17.3 Å². The van der Waals surface area contributed by atoms with Crippen molar-refractivity contribution < 1.29 is 9.66 Å². The topological polar surface area (TPSA) is 55.6 Å². The molecule has 2 aliphatic heterocycles. The van der Waals surface area contributed by atoms with Crippen molar-refractivity contribution in [2.45, 2.75) is 25.0 Å². The van der Waals surface area contributed by atoms with Crippen molar-refractivity contribution in [3.8, 4) is 5.75 Å². The first-order chi connectivity index (χ1) is 12.4. The lowest BCUT2D eigenvalue weighted by atomic mass is 9.76. The van der Waals surface area contributed by atoms with E-state index in [9.17, 15) is 10.1 Å². The van der Waals surface area contributed by atoms with Crippen LogP contribution in [0.3, 0.4) is 0 Å². The van der Waals surface area contributed by atoms with Crippen LogP contribution in [0.4, 0.5) is 11.4 Å². The minimum atomic E-state index is -0.648. The van der Waals surface area contributed by atoms with Gasteiger partial charge < -0.3 is 9.64 Å². The molecule has 0 N–H and O–H groups in total. The van der Waals surface area contributed by atoms with Gasteiger partial charge in [0.05, 0.1) is 10.3 Å². The maximum absolute atomic E-state index is 11.1. The molecule has 0 aliphatic carbocycles. The first kappa shape index (κ1) is 17.3. The molecule has 1 spiro atoms. The maximum Gasteiger partial charge on any atom is 0.270 e. The Balaban J connectivity index is 1.86. The second kappa shape index (κ2) is 5.97. The normalized spacial score (nSPS) is 22.0. The van der Waals surface area contributed by atoms with E-state index in [0.29, 0.717) is 5.75 Å². The summed E-state index contributed by atoms with van der Waals surface area (Å²) in [6.45, 7) is 5.24. The Morgan fingerprint density at radius 2 is 2.00 bits per heavy atom. The minimum absolute atomic E-state index is 0.0750. The van der Waals surface area contributed by atoms with Gasteiger partial charge in [-0.3, -0.25) is 10.1 Å². The predicted octanol–water partition coefficient (Wildman–Crippen LogP) is 4.93. The smallest absolute Gasteiger partial charge is 0.270 e. The van der Waals surface area contributed by atoms with Gasteiger partial charge in [-0.15, -0.1) is 0 Å². The van der Waals surface area contributed by atoms with Crippen LogP contribution in [0.15, 0.2) is 48.5 Å². The molecule has 26 heavy (non-hydrogen) atoms. The number of non-ortho nitro benzene ring substituents is 1. The molecule has 0 saturated heterocycles. The molecule has 2 aliphatic rings. The van der Waals surface area contributed by atoms with Gasteiger partial charge in [0.1, 0.15) is 5.75 Å². The van der Waals surface area contributed by atoms with Crippen LogP contribution in [0.2, 0.25) is 0 Å². The molecule has 0 fully saturated rings. The number of hydrogen-bond donors (Lipinski definition) is 0. The van der Waals surface area contributed by atoms with Crippen molar-refractivity contribution in [3.05, 3.63) is 69.8 Å². The number of halogens is 1. The highest BCUT2D eigenvalue weighted by atomic mass is 127. The summed E-state index contributed by atoms with van der Waals surface area (Å²) in [6.07, 6.45) is 4.02. The molecule has 0 saturated carbocycles. The summed E-state index contributed by atoms with van der Waals surface area (Å²) >= 11 is 2.38. The maximum atomic E-state index is 11.1. The monoisotopic (exact) mass is 462 g/mol. The number of nitro groups is 1. The quantitative estimate of drug-likeness (QED) is 0.281. The van der Waals surface area contributed by atoms with Crippen molar-refractivity contribution >= 4 is 40.0 Å². The SMILES string of the molecule is CC1(C)c2ccccc2N(CCI)C12C=Cc1cc([N+](=O)[O-])ccc1O2. The molecule has 0 radical (unpaired) electrons. The van der Waals surface area contributed by atoms with Gasteiger partial charge >= 0.3 is 0 Å². The van der Waals surface area contributed by atoms with E-state index in [4.69, 9.17) is 4.74 Å². The second-order valence-electron chi connectivity index (χ2n) is 7.09. The summed E-state index contributed by atoms with van der Waals surface area (Å²) in [6, 6.07) is 13.2. The Hall–Kier alpha value is -2.09. The highest BCUT2D eigenvalue weighted by Gasteiger charge is 2.58. The number of alkyl halides is 1. The van der Waals surface area contributed by atoms with E-state index >= 15 is 0 Å². The van der Waals surface area contributed by atoms with Gasteiger partial charge in [-0.25, -0.2) is 0 Å². The number of fused-ring (bicyclic) bond motifs is 2. The molecule has 2 aromatic rings. The van der Waals surface area contributed by atoms with Gasteiger partial charge in [0, 0.05) is 34.4 Å². The van der Waals surface area contributed by atoms with Crippen molar-refractivity contribution in [1.29, 1.82) is 0 Å². The lowest BCUT2D eigenvalue weighted by molar-refractivity contribution is -0.384. The fourth-order valence-electron chi connectivity index (χ4n) is 4.08. The summed E-state index contributed by atoms with van der Waals surface area (Å²) in [7, 11) is 0. The Morgan fingerprint density at radius 1 is 1.23 bits per heavy atom. The Morgan fingerprint density at radius 3 is 2.73 bits per heavy atom. The molecular weight excluding hydrogens is 443 g/mol. The first-order valence-corrected chi connectivity index (χ1v) is 10.0. The molecule has 0 amide bonds. The van der Waals surface area contributed by atoms with Gasteiger partial charge in [-0.1, -0.05) is 40.8 Å². The van der Waals surface area contributed by atoms with E-state index in [2.05, 4.69) is 71.7 Å². The van der Waals surface area contributed by atoms with Gasteiger partial charge in [0.2, 0.25) is 5.72 Å². The minimum Gasteiger partial charge on any atom is -0.463 e. The number of para-hydroxylation sites is 1. The van der Waals surface area contributed by atoms with E-state index < -0.39 is 5.72 Å². The van der Waals surface area contributed by atoms with Crippen LogP contribution in [-0.2, 0) is 5.41 Å². The molecule has 0 aromatic heterocycles. The van der Waals surface area contributed by atoms with Crippen LogP contribution < -0.4 is 9.64 Å². The van der Waals surface area contributed by atoms with Crippen LogP contribution >= 0.6 is 22.6 Å². The van der Waals surface area contributed by atoms with Gasteiger partial charge in [0.15, 0.2) is 0 Å². The molecule has 2 heterocycles. The summed E-state index contributed by atoms with van der Waals surface area (Å²) in [4.78, 5) is 13.0. The summed E-state index contributed by atoms with van der Waals surface area (Å²) in [5.74, 6) is 0.678. The van der Waals surface area contributed by atoms with E-state index in [-0.39, 0.29) is 16.0 Å². The number of ether oxygens (including phenoxy) is 1. The summed E-state index contributed by atoms with van der Waals surface area (Å²) < 4.78 is 7.56. The number of nitrogens with zero attached hydrogens (tertiary/aromatic N) is 2. The zero-order valence-corrected chi connectivity index (χ0v) is 16.8. The van der Waals surface area contributed by atoms with Gasteiger partial charge in [-0.05, 0) is 43.7 Å². The largest absolute Gasteiger partial charge is 0.463 e. The van der Waals surface area contributed by atoms with Crippen molar-refractivity contribution in [2.75, 3.05) is 15.9 Å². The highest BCUT2D eigenvalue weighted by molar-refractivity contribution is 14.1. The van der Waals surface area contributed by atoms with Gasteiger partial charge in [0.25, 0.3) is 5.69 Å². The first-order valence-electron chi connectivity index (χ1n) is 8.50. The second-order valence-corrected chi connectivity index (χ2v) is 8.17. The number of anilines is 1. The fraction of sp³-hybridized carbons (Fsp3) is 0.300. The highest BCUT2D eigenvalue weighted by Crippen LogP contribution is 2.54. The van der Waals surface area contributed by atoms with Crippen LogP contribution in [-0.4, -0.2) is 21.6 Å². The third-order valence-electron chi connectivity index (χ3n) is 5.43. The molecule has 5 nitrogen and oxygen atoms in total. The molecule has 2 aromatic carbocycles. The molecule has 1 unspecified atom stereocenters. The Kier molecular flexibility index (Phi) is 3.98. The van der Waals surface area contributed by atoms with Crippen LogP contribution in [0, 0.1) is 10.1 Å². The third kappa shape index (κ3) is 2.27. The predicted molar refractivity (Wildman–Crippen MR) is 111 cm³/mol. The van der Waals surface area contributed by atoms with Crippen LogP contribution in [0.5, 0.6) is 5.75 Å². The van der Waals surface area contributed by atoms with Crippen molar-refractivity contribution in [2.24, 2.45) is 0 Å². The number of hydrogen-bond acceptors (Lipinski definition) is 4. The molecule has 4 rings (SSSR count). The lowest BCUT2D eigenvalue weighted by Gasteiger charge is -2.47. The molecule has 0 bridgehead atoms. The van der Waals surface area contributed by atoms with E-state index in [0.717, 1.165) is 16.5 Å². The van der Waals surface area contributed by atoms with Crippen LogP contribution in [0.1, 0.15) is 25.0 Å². The summed E-state index contributed by atoms with van der Waals surface area (Å²) in [5, 5.41) is 11.1. The molecule has 1 atom stereocenters. The van der Waals surface area contributed by atoms with E-state index in [1.807, 2.05) is 6.08 Å². The number of rotatable bonds is 3. The van der Waals surface area contributed by atoms with Crippen LogP contribution in [0.25, 0.3) is 6.08 Å². The third-order valence-corrected chi connectivity index (χ3v) is 5.91. The zero-order chi connectivity index (χ0) is 18.5. The van der Waals surface area contributed by atoms with Gasteiger partial charge in [-0.2, -0.15) is 0 Å². The number of nitro benzene ring substituents is 1. The zero-order valence-electron chi connectivity index (χ0n) is 14.6.